The van der Waals surface area contributed by atoms with Gasteiger partial charge in [-0.2, -0.15) is 4.98 Å². The smallest absolute Gasteiger partial charge is 0.234 e. The second-order valence-electron chi connectivity index (χ2n) is 10.4. The zero-order valence-electron chi connectivity index (χ0n) is 20.6. The van der Waals surface area contributed by atoms with Crippen LogP contribution >= 0.6 is 0 Å². The summed E-state index contributed by atoms with van der Waals surface area (Å²) in [5, 5.41) is 3.36. The van der Waals surface area contributed by atoms with Crippen molar-refractivity contribution in [1.82, 2.24) is 9.97 Å². The molecule has 2 amide bonds. The Morgan fingerprint density at radius 1 is 1.09 bits per heavy atom. The Balaban J connectivity index is 1.52. The number of rotatable bonds is 4. The van der Waals surface area contributed by atoms with Gasteiger partial charge in [-0.3, -0.25) is 9.59 Å². The van der Waals surface area contributed by atoms with E-state index < -0.39 is 5.41 Å². The predicted octanol–water partition coefficient (Wildman–Crippen LogP) is 4.41. The molecule has 0 unspecified atom stereocenters. The summed E-state index contributed by atoms with van der Waals surface area (Å²) in [6.07, 6.45) is 6.14. The van der Waals surface area contributed by atoms with Gasteiger partial charge in [-0.05, 0) is 58.2 Å². The molecular weight excluding hydrogens is 428 g/mol. The average Bonchev–Trinajstić information content (AvgIpc) is 3.47. The standard InChI is InChI=1S/C26H34N6O2/c1-17-22-23(32(19-10-5-6-11-19)16-26(2,3)24(34)30(22)4)29-25(27-17)28-18-9-7-12-20(15-18)31-14-8-13-21(31)33/h7,9,12,15,19H,5-6,8,10-11,13-14,16H2,1-4H3,(H,27,28,29). The molecule has 1 aliphatic carbocycles. The van der Waals surface area contributed by atoms with Crippen LogP contribution in [-0.2, 0) is 9.59 Å². The van der Waals surface area contributed by atoms with Gasteiger partial charge in [-0.1, -0.05) is 18.9 Å². The highest BCUT2D eigenvalue weighted by Crippen LogP contribution is 2.42. The number of anilines is 5. The summed E-state index contributed by atoms with van der Waals surface area (Å²) in [6.45, 7) is 7.37. The molecule has 3 aliphatic rings. The zero-order chi connectivity index (χ0) is 24.0. The molecule has 2 aromatic rings. The number of nitrogens with one attached hydrogen (secondary N) is 1. The zero-order valence-corrected chi connectivity index (χ0v) is 20.6. The van der Waals surface area contributed by atoms with E-state index in [2.05, 4.69) is 10.2 Å². The van der Waals surface area contributed by atoms with Gasteiger partial charge < -0.3 is 20.0 Å². The van der Waals surface area contributed by atoms with E-state index in [1.807, 2.05) is 57.0 Å². The molecule has 1 aromatic heterocycles. The van der Waals surface area contributed by atoms with Crippen molar-refractivity contribution in [2.45, 2.75) is 65.3 Å². The van der Waals surface area contributed by atoms with E-state index in [4.69, 9.17) is 9.97 Å². The highest BCUT2D eigenvalue weighted by molar-refractivity contribution is 6.01. The Kier molecular flexibility index (Phi) is 5.70. The lowest BCUT2D eigenvalue weighted by molar-refractivity contribution is -0.125. The Morgan fingerprint density at radius 2 is 1.85 bits per heavy atom. The number of carbonyl (C=O) groups is 2. The van der Waals surface area contributed by atoms with E-state index in [-0.39, 0.29) is 11.8 Å². The van der Waals surface area contributed by atoms with Crippen molar-refractivity contribution >= 4 is 40.6 Å². The maximum absolute atomic E-state index is 13.3. The molecule has 180 valence electrons. The van der Waals surface area contributed by atoms with Gasteiger partial charge >= 0.3 is 0 Å². The second kappa shape index (κ2) is 8.56. The van der Waals surface area contributed by atoms with Crippen LogP contribution in [0.5, 0.6) is 0 Å². The van der Waals surface area contributed by atoms with Gasteiger partial charge in [-0.15, -0.1) is 0 Å². The fourth-order valence-corrected chi connectivity index (χ4v) is 5.64. The van der Waals surface area contributed by atoms with Crippen molar-refractivity contribution in [3.05, 3.63) is 30.0 Å². The summed E-state index contributed by atoms with van der Waals surface area (Å²) in [5.74, 6) is 1.58. The van der Waals surface area contributed by atoms with Crippen LogP contribution in [0.3, 0.4) is 0 Å². The number of hydrogen-bond acceptors (Lipinski definition) is 6. The highest BCUT2D eigenvalue weighted by atomic mass is 16.2. The van der Waals surface area contributed by atoms with E-state index in [9.17, 15) is 9.59 Å². The summed E-state index contributed by atoms with van der Waals surface area (Å²) < 4.78 is 0. The molecule has 0 bridgehead atoms. The molecule has 34 heavy (non-hydrogen) atoms. The van der Waals surface area contributed by atoms with Crippen LogP contribution in [0.2, 0.25) is 0 Å². The second-order valence-corrected chi connectivity index (χ2v) is 10.4. The van der Waals surface area contributed by atoms with E-state index in [0.717, 1.165) is 54.4 Å². The third-order valence-corrected chi connectivity index (χ3v) is 7.35. The SMILES string of the molecule is Cc1nc(Nc2cccc(N3CCCC3=O)c2)nc2c1N(C)C(=O)C(C)(C)CN2C1CCCC1. The predicted molar refractivity (Wildman–Crippen MR) is 135 cm³/mol. The van der Waals surface area contributed by atoms with Crippen LogP contribution in [0.4, 0.5) is 28.8 Å². The number of carbonyl (C=O) groups excluding carboxylic acids is 2. The van der Waals surface area contributed by atoms with Gasteiger partial charge in [0.25, 0.3) is 0 Å². The lowest BCUT2D eigenvalue weighted by Gasteiger charge is -2.34. The lowest BCUT2D eigenvalue weighted by atomic mass is 9.91. The quantitative estimate of drug-likeness (QED) is 0.725. The van der Waals surface area contributed by atoms with Gasteiger partial charge in [0.05, 0.1) is 11.1 Å². The van der Waals surface area contributed by atoms with Gasteiger partial charge in [0.15, 0.2) is 5.82 Å². The minimum atomic E-state index is -0.519. The maximum Gasteiger partial charge on any atom is 0.234 e. The van der Waals surface area contributed by atoms with Crippen molar-refractivity contribution in [2.24, 2.45) is 5.41 Å². The van der Waals surface area contributed by atoms with Crippen LogP contribution in [-0.4, -0.2) is 48.0 Å². The maximum atomic E-state index is 13.3. The number of hydrogen-bond donors (Lipinski definition) is 1. The fraction of sp³-hybridized carbons (Fsp3) is 0.538. The first kappa shape index (κ1) is 22.6. The first-order valence-corrected chi connectivity index (χ1v) is 12.4. The molecular formula is C26H34N6O2. The Hall–Kier alpha value is -3.16. The molecule has 0 atom stereocenters. The molecule has 1 N–H and O–H groups in total. The number of fused-ring (bicyclic) bond motifs is 1. The van der Waals surface area contributed by atoms with Crippen LogP contribution in [0, 0.1) is 12.3 Å². The average molecular weight is 463 g/mol. The topological polar surface area (TPSA) is 81.7 Å². The number of benzene rings is 1. The molecule has 8 heteroatoms. The molecule has 1 saturated carbocycles. The molecule has 1 saturated heterocycles. The van der Waals surface area contributed by atoms with Crippen molar-refractivity contribution in [3.8, 4) is 0 Å². The number of aromatic nitrogens is 2. The first-order valence-electron chi connectivity index (χ1n) is 12.4. The molecule has 0 radical (unpaired) electrons. The van der Waals surface area contributed by atoms with Crippen LogP contribution < -0.4 is 20.0 Å². The molecule has 8 nitrogen and oxygen atoms in total. The van der Waals surface area contributed by atoms with E-state index in [1.165, 1.54) is 12.8 Å². The summed E-state index contributed by atoms with van der Waals surface area (Å²) >= 11 is 0. The van der Waals surface area contributed by atoms with E-state index in [0.29, 0.717) is 25.0 Å². The van der Waals surface area contributed by atoms with Crippen molar-refractivity contribution < 1.29 is 9.59 Å². The van der Waals surface area contributed by atoms with E-state index >= 15 is 0 Å². The van der Waals surface area contributed by atoms with Crippen molar-refractivity contribution in [2.75, 3.05) is 40.2 Å². The number of nitrogens with zero attached hydrogens (tertiary/aromatic N) is 5. The fourth-order valence-electron chi connectivity index (χ4n) is 5.64. The summed E-state index contributed by atoms with van der Waals surface area (Å²) in [5.41, 5.74) is 2.77. The van der Waals surface area contributed by atoms with Gasteiger partial charge in [0, 0.05) is 44.0 Å². The van der Waals surface area contributed by atoms with Gasteiger partial charge in [-0.25, -0.2) is 4.98 Å². The summed E-state index contributed by atoms with van der Waals surface area (Å²) in [7, 11) is 1.83. The van der Waals surface area contributed by atoms with Crippen LogP contribution in [0.1, 0.15) is 58.1 Å². The molecule has 3 heterocycles. The van der Waals surface area contributed by atoms with Crippen LogP contribution in [0.15, 0.2) is 24.3 Å². The molecule has 5 rings (SSSR count). The molecule has 0 spiro atoms. The largest absolute Gasteiger partial charge is 0.351 e. The monoisotopic (exact) mass is 462 g/mol. The molecule has 1 aromatic carbocycles. The van der Waals surface area contributed by atoms with Gasteiger partial charge in [0.1, 0.15) is 5.69 Å². The Morgan fingerprint density at radius 3 is 2.56 bits per heavy atom. The Bertz CT molecular complexity index is 1120. The van der Waals surface area contributed by atoms with Gasteiger partial charge in [0.2, 0.25) is 17.8 Å². The highest BCUT2D eigenvalue weighted by Gasteiger charge is 2.42. The van der Waals surface area contributed by atoms with Crippen molar-refractivity contribution in [1.29, 1.82) is 0 Å². The third kappa shape index (κ3) is 3.99. The lowest BCUT2D eigenvalue weighted by Crippen LogP contribution is -2.45. The summed E-state index contributed by atoms with van der Waals surface area (Å²) in [6, 6.07) is 8.22. The Labute approximate surface area is 201 Å². The summed E-state index contributed by atoms with van der Waals surface area (Å²) in [4.78, 5) is 41.1. The third-order valence-electron chi connectivity index (χ3n) is 7.35. The number of amides is 2. The molecule has 2 fully saturated rings. The number of aryl methyl sites for hydroxylation is 1. The normalized spacial score (nSPS) is 20.6. The minimum absolute atomic E-state index is 0.0876. The minimum Gasteiger partial charge on any atom is -0.351 e. The van der Waals surface area contributed by atoms with Crippen molar-refractivity contribution in [3.63, 3.8) is 0 Å². The van der Waals surface area contributed by atoms with Crippen LogP contribution in [0.25, 0.3) is 0 Å². The molecule has 2 aliphatic heterocycles. The first-order chi connectivity index (χ1) is 16.2. The van der Waals surface area contributed by atoms with E-state index in [1.54, 1.807) is 4.90 Å².